The summed E-state index contributed by atoms with van der Waals surface area (Å²) >= 11 is 1.60. The third kappa shape index (κ3) is 2.88. The van der Waals surface area contributed by atoms with Crippen LogP contribution in [-0.2, 0) is 6.54 Å². The summed E-state index contributed by atoms with van der Waals surface area (Å²) in [6.45, 7) is 6.38. The molecule has 0 atom stereocenters. The van der Waals surface area contributed by atoms with Gasteiger partial charge in [-0.1, -0.05) is 24.8 Å². The van der Waals surface area contributed by atoms with Gasteiger partial charge in [0.25, 0.3) is 5.69 Å². The van der Waals surface area contributed by atoms with Gasteiger partial charge in [-0.25, -0.2) is 0 Å². The Bertz CT molecular complexity index is 622. The van der Waals surface area contributed by atoms with Gasteiger partial charge in [0.05, 0.1) is 4.92 Å². The molecule has 0 aliphatic heterocycles. The molecule has 0 bridgehead atoms. The Labute approximate surface area is 120 Å². The SMILES string of the molecule is C=CCn1c(SCC)nnc1-c1ccc([N+](=O)[O-])cc1. The number of non-ortho nitro benzene ring substituents is 1. The number of thioether (sulfide) groups is 1. The number of rotatable bonds is 6. The summed E-state index contributed by atoms with van der Waals surface area (Å²) in [4.78, 5) is 10.2. The van der Waals surface area contributed by atoms with Crippen LogP contribution in [0.15, 0.2) is 42.1 Å². The van der Waals surface area contributed by atoms with E-state index in [0.29, 0.717) is 12.4 Å². The molecule has 7 heteroatoms. The van der Waals surface area contributed by atoms with Crippen LogP contribution in [0.25, 0.3) is 11.4 Å². The standard InChI is InChI=1S/C13H14N4O2S/c1-3-9-16-12(14-15-13(16)20-4-2)10-5-7-11(8-6-10)17(18)19/h3,5-8H,1,4,9H2,2H3. The zero-order valence-corrected chi connectivity index (χ0v) is 11.8. The molecular formula is C13H14N4O2S. The highest BCUT2D eigenvalue weighted by Crippen LogP contribution is 2.25. The first-order valence-electron chi connectivity index (χ1n) is 6.09. The predicted molar refractivity (Wildman–Crippen MR) is 78.7 cm³/mol. The summed E-state index contributed by atoms with van der Waals surface area (Å²) in [6, 6.07) is 6.30. The highest BCUT2D eigenvalue weighted by molar-refractivity contribution is 7.99. The molecule has 1 heterocycles. The van der Waals surface area contributed by atoms with Crippen molar-refractivity contribution in [2.75, 3.05) is 5.75 Å². The normalized spacial score (nSPS) is 10.4. The second kappa shape index (κ2) is 6.33. The smallest absolute Gasteiger partial charge is 0.269 e. The van der Waals surface area contributed by atoms with Crippen LogP contribution in [0, 0.1) is 10.1 Å². The highest BCUT2D eigenvalue weighted by Gasteiger charge is 2.14. The predicted octanol–water partition coefficient (Wildman–Crippen LogP) is 3.15. The molecular weight excluding hydrogens is 276 g/mol. The summed E-state index contributed by atoms with van der Waals surface area (Å²) < 4.78 is 1.95. The molecule has 0 saturated carbocycles. The molecule has 2 rings (SSSR count). The molecule has 1 aromatic carbocycles. The van der Waals surface area contributed by atoms with Crippen LogP contribution in [0.4, 0.5) is 5.69 Å². The highest BCUT2D eigenvalue weighted by atomic mass is 32.2. The van der Waals surface area contributed by atoms with E-state index in [0.717, 1.165) is 16.5 Å². The van der Waals surface area contributed by atoms with Crippen molar-refractivity contribution < 1.29 is 4.92 Å². The number of nitro groups is 1. The van der Waals surface area contributed by atoms with E-state index in [9.17, 15) is 10.1 Å². The van der Waals surface area contributed by atoms with Crippen molar-refractivity contribution in [1.82, 2.24) is 14.8 Å². The molecule has 0 aliphatic rings. The number of nitro benzene ring substituents is 1. The molecule has 104 valence electrons. The average molecular weight is 290 g/mol. The minimum Gasteiger partial charge on any atom is -0.298 e. The minimum absolute atomic E-state index is 0.0618. The average Bonchev–Trinajstić information content (AvgIpc) is 2.83. The number of allylic oxidation sites excluding steroid dienone is 1. The molecule has 0 amide bonds. The topological polar surface area (TPSA) is 73.8 Å². The summed E-state index contributed by atoms with van der Waals surface area (Å²) in [5, 5.41) is 19.8. The van der Waals surface area contributed by atoms with Crippen LogP contribution in [0.3, 0.4) is 0 Å². The number of nitrogens with zero attached hydrogens (tertiary/aromatic N) is 4. The minimum atomic E-state index is -0.420. The lowest BCUT2D eigenvalue weighted by molar-refractivity contribution is -0.384. The first kappa shape index (κ1) is 14.3. The molecule has 2 aromatic rings. The van der Waals surface area contributed by atoms with E-state index in [1.165, 1.54) is 12.1 Å². The van der Waals surface area contributed by atoms with Gasteiger partial charge >= 0.3 is 0 Å². The zero-order chi connectivity index (χ0) is 14.5. The molecule has 6 nitrogen and oxygen atoms in total. The first-order valence-corrected chi connectivity index (χ1v) is 7.07. The van der Waals surface area contributed by atoms with E-state index in [4.69, 9.17) is 0 Å². The fraction of sp³-hybridized carbons (Fsp3) is 0.231. The summed E-state index contributed by atoms with van der Waals surface area (Å²) in [5.41, 5.74) is 0.861. The molecule has 0 radical (unpaired) electrons. The Kier molecular flexibility index (Phi) is 4.52. The van der Waals surface area contributed by atoms with Crippen molar-refractivity contribution in [3.63, 3.8) is 0 Å². The van der Waals surface area contributed by atoms with Gasteiger partial charge in [0.15, 0.2) is 11.0 Å². The lowest BCUT2D eigenvalue weighted by Crippen LogP contribution is -2.00. The Balaban J connectivity index is 2.40. The van der Waals surface area contributed by atoms with Crippen molar-refractivity contribution in [3.8, 4) is 11.4 Å². The Morgan fingerprint density at radius 3 is 2.65 bits per heavy atom. The summed E-state index contributed by atoms with van der Waals surface area (Å²) in [5.74, 6) is 1.59. The fourth-order valence-corrected chi connectivity index (χ4v) is 2.44. The van der Waals surface area contributed by atoms with Crippen LogP contribution < -0.4 is 0 Å². The molecule has 0 spiro atoms. The first-order chi connectivity index (χ1) is 9.67. The van der Waals surface area contributed by atoms with E-state index in [-0.39, 0.29) is 5.69 Å². The van der Waals surface area contributed by atoms with Crippen molar-refractivity contribution in [2.24, 2.45) is 0 Å². The Hall–Kier alpha value is -2.15. The quantitative estimate of drug-likeness (QED) is 0.353. The van der Waals surface area contributed by atoms with Crippen molar-refractivity contribution in [2.45, 2.75) is 18.6 Å². The maximum absolute atomic E-state index is 10.7. The van der Waals surface area contributed by atoms with Crippen molar-refractivity contribution >= 4 is 17.4 Å². The molecule has 0 aliphatic carbocycles. The maximum atomic E-state index is 10.7. The lowest BCUT2D eigenvalue weighted by Gasteiger charge is -2.06. The fourth-order valence-electron chi connectivity index (χ4n) is 1.76. The van der Waals surface area contributed by atoms with Crippen LogP contribution in [0.1, 0.15) is 6.92 Å². The van der Waals surface area contributed by atoms with Crippen LogP contribution in [-0.4, -0.2) is 25.4 Å². The Morgan fingerprint density at radius 2 is 2.10 bits per heavy atom. The Morgan fingerprint density at radius 1 is 1.40 bits per heavy atom. The van der Waals surface area contributed by atoms with Gasteiger partial charge in [-0.2, -0.15) is 0 Å². The third-order valence-electron chi connectivity index (χ3n) is 2.64. The number of benzene rings is 1. The molecule has 0 fully saturated rings. The number of aromatic nitrogens is 3. The van der Waals surface area contributed by atoms with E-state index in [2.05, 4.69) is 16.8 Å². The summed E-state index contributed by atoms with van der Waals surface area (Å²) in [7, 11) is 0. The van der Waals surface area contributed by atoms with Crippen molar-refractivity contribution in [1.29, 1.82) is 0 Å². The van der Waals surface area contributed by atoms with E-state index in [1.807, 2.05) is 11.5 Å². The molecule has 0 N–H and O–H groups in total. The van der Waals surface area contributed by atoms with Gasteiger partial charge in [0, 0.05) is 24.2 Å². The monoisotopic (exact) mass is 290 g/mol. The van der Waals surface area contributed by atoms with Crippen LogP contribution >= 0.6 is 11.8 Å². The van der Waals surface area contributed by atoms with Crippen LogP contribution in [0.5, 0.6) is 0 Å². The largest absolute Gasteiger partial charge is 0.298 e. The third-order valence-corrected chi connectivity index (χ3v) is 3.49. The van der Waals surface area contributed by atoms with Gasteiger partial charge in [0.1, 0.15) is 0 Å². The van der Waals surface area contributed by atoms with Gasteiger partial charge in [-0.3, -0.25) is 14.7 Å². The van der Waals surface area contributed by atoms with Gasteiger partial charge in [-0.15, -0.1) is 16.8 Å². The van der Waals surface area contributed by atoms with E-state index < -0.39 is 4.92 Å². The van der Waals surface area contributed by atoms with Gasteiger partial charge < -0.3 is 0 Å². The summed E-state index contributed by atoms with van der Waals surface area (Å²) in [6.07, 6.45) is 1.78. The number of hydrogen-bond acceptors (Lipinski definition) is 5. The van der Waals surface area contributed by atoms with Crippen molar-refractivity contribution in [3.05, 3.63) is 47.0 Å². The molecule has 0 saturated heterocycles. The molecule has 1 aromatic heterocycles. The molecule has 20 heavy (non-hydrogen) atoms. The lowest BCUT2D eigenvalue weighted by atomic mass is 10.2. The van der Waals surface area contributed by atoms with E-state index >= 15 is 0 Å². The molecule has 0 unspecified atom stereocenters. The second-order valence-electron chi connectivity index (χ2n) is 3.94. The zero-order valence-electron chi connectivity index (χ0n) is 11.0. The second-order valence-corrected chi connectivity index (χ2v) is 5.17. The van der Waals surface area contributed by atoms with Crippen LogP contribution in [0.2, 0.25) is 0 Å². The number of hydrogen-bond donors (Lipinski definition) is 0. The van der Waals surface area contributed by atoms with E-state index in [1.54, 1.807) is 30.0 Å². The van der Waals surface area contributed by atoms with Gasteiger partial charge in [-0.05, 0) is 17.9 Å². The maximum Gasteiger partial charge on any atom is 0.269 e. The van der Waals surface area contributed by atoms with Gasteiger partial charge in [0.2, 0.25) is 0 Å².